The Balaban J connectivity index is 1.87. The molecule has 5 nitrogen and oxygen atoms in total. The number of likely N-dealkylation sites (tertiary alicyclic amines) is 2. The van der Waals surface area contributed by atoms with Crippen LogP contribution in [0.5, 0.6) is 0 Å². The van der Waals surface area contributed by atoms with Gasteiger partial charge in [-0.15, -0.1) is 0 Å². The summed E-state index contributed by atoms with van der Waals surface area (Å²) in [6.07, 6.45) is 2.39. The molecule has 2 aliphatic rings. The Kier molecular flexibility index (Phi) is 4.22. The third-order valence-corrected chi connectivity index (χ3v) is 4.20. The van der Waals surface area contributed by atoms with Gasteiger partial charge >= 0.3 is 0 Å². The molecule has 0 radical (unpaired) electrons. The van der Waals surface area contributed by atoms with Gasteiger partial charge in [0.15, 0.2) is 0 Å². The van der Waals surface area contributed by atoms with Crippen LogP contribution in [0.3, 0.4) is 0 Å². The average Bonchev–Trinajstić information content (AvgIpc) is 2.79. The fraction of sp³-hybridized carbons (Fsp3) is 0.846. The van der Waals surface area contributed by atoms with Crippen molar-refractivity contribution in [2.75, 3.05) is 32.7 Å². The summed E-state index contributed by atoms with van der Waals surface area (Å²) in [5, 5.41) is 0. The van der Waals surface area contributed by atoms with Gasteiger partial charge in [-0.1, -0.05) is 0 Å². The molecule has 2 fully saturated rings. The number of piperidine rings is 1. The van der Waals surface area contributed by atoms with Crippen LogP contribution in [0.2, 0.25) is 0 Å². The van der Waals surface area contributed by atoms with Gasteiger partial charge in [0.2, 0.25) is 11.8 Å². The normalized spacial score (nSPS) is 25.9. The summed E-state index contributed by atoms with van der Waals surface area (Å²) in [6, 6.07) is 0. The van der Waals surface area contributed by atoms with Crippen LogP contribution < -0.4 is 5.73 Å². The first-order chi connectivity index (χ1) is 8.65. The Morgan fingerprint density at radius 3 is 2.56 bits per heavy atom. The van der Waals surface area contributed by atoms with Crippen LogP contribution >= 0.6 is 0 Å². The first-order valence-corrected chi connectivity index (χ1v) is 6.92. The molecule has 0 spiro atoms. The van der Waals surface area contributed by atoms with Crippen molar-refractivity contribution >= 4 is 11.8 Å². The Bertz CT molecular complexity index is 324. The molecule has 0 aromatic heterocycles. The average molecular weight is 253 g/mol. The van der Waals surface area contributed by atoms with Crippen molar-refractivity contribution in [1.82, 2.24) is 9.80 Å². The summed E-state index contributed by atoms with van der Waals surface area (Å²) in [6.45, 7) is 5.59. The molecule has 0 bridgehead atoms. The number of carbonyl (C=O) groups excluding carboxylic acids is 2. The van der Waals surface area contributed by atoms with Crippen molar-refractivity contribution in [3.05, 3.63) is 0 Å². The molecule has 0 saturated carbocycles. The molecule has 0 aliphatic carbocycles. The summed E-state index contributed by atoms with van der Waals surface area (Å²) in [4.78, 5) is 27.7. The molecule has 18 heavy (non-hydrogen) atoms. The van der Waals surface area contributed by atoms with Crippen molar-refractivity contribution in [3.63, 3.8) is 0 Å². The van der Waals surface area contributed by atoms with Crippen LogP contribution in [0.25, 0.3) is 0 Å². The predicted molar refractivity (Wildman–Crippen MR) is 68.7 cm³/mol. The molecule has 2 N–H and O–H groups in total. The number of hydrogen-bond acceptors (Lipinski definition) is 3. The van der Waals surface area contributed by atoms with E-state index in [2.05, 4.69) is 0 Å². The highest BCUT2D eigenvalue weighted by atomic mass is 16.2. The summed E-state index contributed by atoms with van der Waals surface area (Å²) in [5.74, 6) is 0.723. The lowest BCUT2D eigenvalue weighted by Crippen LogP contribution is -2.43. The standard InChI is InChI=1S/C13H23N3O2/c1-2-15-9-11(7-12(15)17)13(18)16-5-3-10(8-14)4-6-16/h10-11H,2-9,14H2,1H3. The van der Waals surface area contributed by atoms with Gasteiger partial charge in [0.25, 0.3) is 0 Å². The van der Waals surface area contributed by atoms with E-state index in [4.69, 9.17) is 5.73 Å². The molecular weight excluding hydrogens is 230 g/mol. The van der Waals surface area contributed by atoms with Gasteiger partial charge in [-0.05, 0) is 32.2 Å². The molecule has 2 aliphatic heterocycles. The summed E-state index contributed by atoms with van der Waals surface area (Å²) in [5.41, 5.74) is 5.65. The molecule has 2 rings (SSSR count). The van der Waals surface area contributed by atoms with Crippen LogP contribution in [-0.2, 0) is 9.59 Å². The van der Waals surface area contributed by atoms with Gasteiger partial charge in [0.05, 0.1) is 5.92 Å². The molecule has 2 heterocycles. The predicted octanol–water partition coefficient (Wildman–Crippen LogP) is 0.0521. The summed E-state index contributed by atoms with van der Waals surface area (Å²) < 4.78 is 0. The first-order valence-electron chi connectivity index (χ1n) is 6.92. The Morgan fingerprint density at radius 2 is 2.06 bits per heavy atom. The molecule has 2 saturated heterocycles. The molecular formula is C13H23N3O2. The summed E-state index contributed by atoms with van der Waals surface area (Å²) in [7, 11) is 0. The minimum atomic E-state index is -0.119. The molecule has 2 amide bonds. The van der Waals surface area contributed by atoms with Gasteiger partial charge in [0, 0.05) is 32.6 Å². The molecule has 0 aromatic rings. The third kappa shape index (κ3) is 2.66. The van der Waals surface area contributed by atoms with E-state index in [-0.39, 0.29) is 17.7 Å². The van der Waals surface area contributed by atoms with E-state index in [1.54, 1.807) is 4.90 Å². The highest BCUT2D eigenvalue weighted by molar-refractivity contribution is 5.89. The van der Waals surface area contributed by atoms with E-state index < -0.39 is 0 Å². The van der Waals surface area contributed by atoms with Crippen molar-refractivity contribution < 1.29 is 9.59 Å². The van der Waals surface area contributed by atoms with Crippen molar-refractivity contribution in [2.24, 2.45) is 17.6 Å². The van der Waals surface area contributed by atoms with Crippen molar-refractivity contribution in [1.29, 1.82) is 0 Å². The smallest absolute Gasteiger partial charge is 0.227 e. The topological polar surface area (TPSA) is 66.6 Å². The Labute approximate surface area is 108 Å². The Morgan fingerprint density at radius 1 is 1.39 bits per heavy atom. The SMILES string of the molecule is CCN1CC(C(=O)N2CCC(CN)CC2)CC1=O. The van der Waals surface area contributed by atoms with E-state index in [1.807, 2.05) is 11.8 Å². The number of rotatable bonds is 3. The minimum Gasteiger partial charge on any atom is -0.342 e. The number of nitrogens with zero attached hydrogens (tertiary/aromatic N) is 2. The van der Waals surface area contributed by atoms with Crippen molar-refractivity contribution in [2.45, 2.75) is 26.2 Å². The lowest BCUT2D eigenvalue weighted by molar-refractivity contribution is -0.137. The van der Waals surface area contributed by atoms with E-state index in [1.165, 1.54) is 0 Å². The molecule has 1 unspecified atom stereocenters. The number of hydrogen-bond donors (Lipinski definition) is 1. The fourth-order valence-corrected chi connectivity index (χ4v) is 2.89. The molecule has 102 valence electrons. The summed E-state index contributed by atoms with van der Waals surface area (Å²) >= 11 is 0. The minimum absolute atomic E-state index is 0.118. The first kappa shape index (κ1) is 13.3. The fourth-order valence-electron chi connectivity index (χ4n) is 2.89. The number of carbonyl (C=O) groups is 2. The maximum Gasteiger partial charge on any atom is 0.227 e. The van der Waals surface area contributed by atoms with Crippen LogP contribution in [0, 0.1) is 11.8 Å². The van der Waals surface area contributed by atoms with E-state index >= 15 is 0 Å². The zero-order valence-corrected chi connectivity index (χ0v) is 11.1. The van der Waals surface area contributed by atoms with Crippen molar-refractivity contribution in [3.8, 4) is 0 Å². The number of nitrogens with two attached hydrogens (primary N) is 1. The molecule has 0 aromatic carbocycles. The van der Waals surface area contributed by atoms with E-state index in [0.29, 0.717) is 32.0 Å². The van der Waals surface area contributed by atoms with Gasteiger partial charge in [-0.25, -0.2) is 0 Å². The lowest BCUT2D eigenvalue weighted by Gasteiger charge is -2.33. The van der Waals surface area contributed by atoms with Gasteiger partial charge in [0.1, 0.15) is 0 Å². The van der Waals surface area contributed by atoms with Gasteiger partial charge in [-0.2, -0.15) is 0 Å². The highest BCUT2D eigenvalue weighted by Crippen LogP contribution is 2.23. The van der Waals surface area contributed by atoms with Gasteiger partial charge in [-0.3, -0.25) is 9.59 Å². The third-order valence-electron chi connectivity index (χ3n) is 4.20. The Hall–Kier alpha value is -1.10. The molecule has 5 heteroatoms. The number of amides is 2. The second-order valence-electron chi connectivity index (χ2n) is 5.34. The molecule has 1 atom stereocenters. The highest BCUT2D eigenvalue weighted by Gasteiger charge is 2.36. The maximum atomic E-state index is 12.3. The van der Waals surface area contributed by atoms with Crippen LogP contribution in [0.15, 0.2) is 0 Å². The van der Waals surface area contributed by atoms with Gasteiger partial charge < -0.3 is 15.5 Å². The lowest BCUT2D eigenvalue weighted by atomic mass is 9.95. The largest absolute Gasteiger partial charge is 0.342 e. The van der Waals surface area contributed by atoms with Crippen LogP contribution in [0.4, 0.5) is 0 Å². The second-order valence-corrected chi connectivity index (χ2v) is 5.34. The van der Waals surface area contributed by atoms with Crippen LogP contribution in [-0.4, -0.2) is 54.3 Å². The monoisotopic (exact) mass is 253 g/mol. The quantitative estimate of drug-likeness (QED) is 0.773. The zero-order chi connectivity index (χ0) is 13.1. The van der Waals surface area contributed by atoms with E-state index in [0.717, 1.165) is 25.9 Å². The van der Waals surface area contributed by atoms with Crippen LogP contribution in [0.1, 0.15) is 26.2 Å². The van der Waals surface area contributed by atoms with E-state index in [9.17, 15) is 9.59 Å². The second kappa shape index (κ2) is 5.69. The maximum absolute atomic E-state index is 12.3. The zero-order valence-electron chi connectivity index (χ0n) is 11.1.